The van der Waals surface area contributed by atoms with Gasteiger partial charge in [0, 0.05) is 24.3 Å². The highest BCUT2D eigenvalue weighted by Gasteiger charge is 2.21. The van der Waals surface area contributed by atoms with Crippen molar-refractivity contribution in [2.24, 2.45) is 17.8 Å². The molecule has 5 nitrogen and oxygen atoms in total. The third-order valence-corrected chi connectivity index (χ3v) is 2.69. The van der Waals surface area contributed by atoms with Crippen LogP contribution in [0.3, 0.4) is 0 Å². The van der Waals surface area contributed by atoms with E-state index in [1.807, 2.05) is 24.9 Å². The van der Waals surface area contributed by atoms with Gasteiger partial charge in [-0.15, -0.1) is 24.0 Å². The van der Waals surface area contributed by atoms with Crippen molar-refractivity contribution in [3.8, 4) is 0 Å². The number of nitrogens with one attached hydrogen (secondary N) is 1. The molecule has 0 atom stereocenters. The van der Waals surface area contributed by atoms with Crippen molar-refractivity contribution in [1.29, 1.82) is 0 Å². The Kier molecular flexibility index (Phi) is 4.57. The van der Waals surface area contributed by atoms with Crippen molar-refractivity contribution >= 4 is 29.9 Å². The van der Waals surface area contributed by atoms with E-state index in [2.05, 4.69) is 15.4 Å². The summed E-state index contributed by atoms with van der Waals surface area (Å²) in [6.07, 6.45) is 4.26. The Morgan fingerprint density at radius 2 is 2.38 bits per heavy atom. The van der Waals surface area contributed by atoms with Crippen LogP contribution < -0.4 is 11.1 Å². The normalized spacial score (nSPS) is 15.8. The second kappa shape index (κ2) is 5.51. The molecule has 3 N–H and O–H groups in total. The number of hydrogen-bond acceptors (Lipinski definition) is 2. The van der Waals surface area contributed by atoms with E-state index in [1.54, 1.807) is 0 Å². The zero-order valence-electron chi connectivity index (χ0n) is 9.60. The number of nitrogens with two attached hydrogens (primary N) is 1. The van der Waals surface area contributed by atoms with Gasteiger partial charge in [-0.1, -0.05) is 0 Å². The summed E-state index contributed by atoms with van der Waals surface area (Å²) < 4.78 is 1.84. The average Bonchev–Trinajstić information content (AvgIpc) is 2.95. The minimum absolute atomic E-state index is 0. The van der Waals surface area contributed by atoms with Crippen LogP contribution in [-0.4, -0.2) is 21.8 Å². The van der Waals surface area contributed by atoms with Crippen molar-refractivity contribution in [2.75, 3.05) is 0 Å². The summed E-state index contributed by atoms with van der Waals surface area (Å²) in [6.45, 7) is 2.63. The lowest BCUT2D eigenvalue weighted by molar-refractivity contribution is 0.737. The molecule has 0 spiro atoms. The summed E-state index contributed by atoms with van der Waals surface area (Å²) in [5.41, 5.74) is 7.99. The van der Waals surface area contributed by atoms with E-state index in [1.165, 1.54) is 12.8 Å². The molecule has 0 saturated heterocycles. The van der Waals surface area contributed by atoms with Crippen LogP contribution in [0, 0.1) is 6.92 Å². The lowest BCUT2D eigenvalue weighted by atomic mass is 10.3. The predicted molar refractivity (Wildman–Crippen MR) is 74.8 cm³/mol. The molecule has 1 heterocycles. The topological polar surface area (TPSA) is 68.2 Å². The highest BCUT2D eigenvalue weighted by atomic mass is 127. The highest BCUT2D eigenvalue weighted by molar-refractivity contribution is 14.0. The van der Waals surface area contributed by atoms with Gasteiger partial charge in [0.2, 0.25) is 0 Å². The van der Waals surface area contributed by atoms with Gasteiger partial charge >= 0.3 is 0 Å². The third kappa shape index (κ3) is 3.36. The summed E-state index contributed by atoms with van der Waals surface area (Å²) in [4.78, 5) is 4.28. The Balaban J connectivity index is 0.00000128. The van der Waals surface area contributed by atoms with E-state index in [0.29, 0.717) is 18.5 Å². The lowest BCUT2D eigenvalue weighted by Gasteiger charge is -2.02. The molecule has 0 amide bonds. The van der Waals surface area contributed by atoms with Crippen LogP contribution in [0.15, 0.2) is 11.2 Å². The van der Waals surface area contributed by atoms with Crippen molar-refractivity contribution < 1.29 is 0 Å². The minimum atomic E-state index is 0. The van der Waals surface area contributed by atoms with Gasteiger partial charge in [0.25, 0.3) is 0 Å². The summed E-state index contributed by atoms with van der Waals surface area (Å²) in [5.74, 6) is 0.542. The molecule has 1 aromatic heterocycles. The molecule has 1 aliphatic carbocycles. The standard InChI is InChI=1S/C10H17N5.HI/c1-7-8(6-13-15(7)2)5-12-10(11)14-9-3-4-9;/h6,9H,3-5H2,1-2H3,(H3,11,12,14);1H. The van der Waals surface area contributed by atoms with E-state index in [4.69, 9.17) is 5.73 Å². The van der Waals surface area contributed by atoms with Crippen molar-refractivity contribution in [3.63, 3.8) is 0 Å². The van der Waals surface area contributed by atoms with Crippen LogP contribution in [0.25, 0.3) is 0 Å². The molecule has 0 aromatic carbocycles. The first kappa shape index (κ1) is 13.3. The van der Waals surface area contributed by atoms with Crippen LogP contribution in [0.2, 0.25) is 0 Å². The second-order valence-electron chi connectivity index (χ2n) is 4.00. The number of rotatable bonds is 3. The van der Waals surface area contributed by atoms with Crippen molar-refractivity contribution in [3.05, 3.63) is 17.5 Å². The molecule has 2 rings (SSSR count). The molecular weight excluding hydrogens is 317 g/mol. The Hall–Kier alpha value is -0.790. The summed E-state index contributed by atoms with van der Waals surface area (Å²) >= 11 is 0. The monoisotopic (exact) mass is 335 g/mol. The van der Waals surface area contributed by atoms with E-state index in [-0.39, 0.29) is 24.0 Å². The molecule has 0 unspecified atom stereocenters. The number of nitrogens with zero attached hydrogens (tertiary/aromatic N) is 3. The number of aliphatic imine (C=N–C) groups is 1. The molecule has 90 valence electrons. The van der Waals surface area contributed by atoms with Gasteiger partial charge in [0.15, 0.2) is 5.96 Å². The summed E-state index contributed by atoms with van der Waals surface area (Å²) in [6, 6.07) is 0.559. The maximum Gasteiger partial charge on any atom is 0.189 e. The van der Waals surface area contributed by atoms with E-state index < -0.39 is 0 Å². The van der Waals surface area contributed by atoms with Crippen LogP contribution >= 0.6 is 24.0 Å². The van der Waals surface area contributed by atoms with Crippen LogP contribution in [0.4, 0.5) is 0 Å². The summed E-state index contributed by atoms with van der Waals surface area (Å²) in [7, 11) is 1.92. The quantitative estimate of drug-likeness (QED) is 0.490. The average molecular weight is 335 g/mol. The van der Waals surface area contributed by atoms with E-state index in [0.717, 1.165) is 11.3 Å². The number of halogens is 1. The van der Waals surface area contributed by atoms with Gasteiger partial charge in [0.1, 0.15) is 0 Å². The van der Waals surface area contributed by atoms with Gasteiger partial charge in [-0.25, -0.2) is 4.99 Å². The largest absolute Gasteiger partial charge is 0.370 e. The number of hydrogen-bond donors (Lipinski definition) is 2. The van der Waals surface area contributed by atoms with Gasteiger partial charge < -0.3 is 11.1 Å². The summed E-state index contributed by atoms with van der Waals surface area (Å²) in [5, 5.41) is 7.30. The van der Waals surface area contributed by atoms with Gasteiger partial charge in [-0.05, 0) is 19.8 Å². The molecule has 6 heteroatoms. The van der Waals surface area contributed by atoms with Crippen LogP contribution in [-0.2, 0) is 13.6 Å². The Bertz CT molecular complexity index is 381. The maximum absolute atomic E-state index is 5.73. The van der Waals surface area contributed by atoms with E-state index >= 15 is 0 Å². The molecule has 0 aliphatic heterocycles. The molecule has 16 heavy (non-hydrogen) atoms. The predicted octanol–water partition coefficient (Wildman–Crippen LogP) is 0.913. The second-order valence-corrected chi connectivity index (χ2v) is 4.00. The molecule has 1 aliphatic rings. The lowest BCUT2D eigenvalue weighted by Crippen LogP contribution is -2.33. The fourth-order valence-electron chi connectivity index (χ4n) is 1.35. The van der Waals surface area contributed by atoms with Crippen LogP contribution in [0.5, 0.6) is 0 Å². The van der Waals surface area contributed by atoms with Crippen molar-refractivity contribution in [2.45, 2.75) is 32.4 Å². The van der Waals surface area contributed by atoms with Gasteiger partial charge in [-0.2, -0.15) is 5.10 Å². The Morgan fingerprint density at radius 1 is 1.69 bits per heavy atom. The van der Waals surface area contributed by atoms with Crippen LogP contribution in [0.1, 0.15) is 24.1 Å². The zero-order valence-corrected chi connectivity index (χ0v) is 11.9. The molecule has 1 aromatic rings. The first-order chi connectivity index (χ1) is 7.16. The van der Waals surface area contributed by atoms with E-state index in [9.17, 15) is 0 Å². The minimum Gasteiger partial charge on any atom is -0.370 e. The van der Waals surface area contributed by atoms with Gasteiger partial charge in [-0.3, -0.25) is 4.68 Å². The fraction of sp³-hybridized carbons (Fsp3) is 0.600. The molecule has 1 fully saturated rings. The van der Waals surface area contributed by atoms with Crippen molar-refractivity contribution in [1.82, 2.24) is 15.1 Å². The zero-order chi connectivity index (χ0) is 10.8. The number of aromatic nitrogens is 2. The number of aryl methyl sites for hydroxylation is 1. The number of guanidine groups is 1. The highest BCUT2D eigenvalue weighted by Crippen LogP contribution is 2.18. The molecular formula is C10H18IN5. The Morgan fingerprint density at radius 3 is 2.88 bits per heavy atom. The molecule has 1 saturated carbocycles. The van der Waals surface area contributed by atoms with Gasteiger partial charge in [0.05, 0.1) is 12.7 Å². The smallest absolute Gasteiger partial charge is 0.189 e. The third-order valence-electron chi connectivity index (χ3n) is 2.69. The SMILES string of the molecule is Cc1c(CN=C(N)NC2CC2)cnn1C.I. The molecule has 0 bridgehead atoms. The first-order valence-electron chi connectivity index (χ1n) is 5.20. The molecule has 0 radical (unpaired) electrons. The first-order valence-corrected chi connectivity index (χ1v) is 5.20. The Labute approximate surface area is 113 Å². The fourth-order valence-corrected chi connectivity index (χ4v) is 1.35. The maximum atomic E-state index is 5.73.